The second-order valence-electron chi connectivity index (χ2n) is 7.51. The molecule has 7 nitrogen and oxygen atoms in total. The van der Waals surface area contributed by atoms with Crippen molar-refractivity contribution in [2.75, 3.05) is 0 Å². The van der Waals surface area contributed by atoms with Crippen molar-refractivity contribution in [3.05, 3.63) is 106 Å². The molecule has 0 spiro atoms. The molecule has 8 heteroatoms. The summed E-state index contributed by atoms with van der Waals surface area (Å²) in [7, 11) is 0. The number of amides is 1. The molecule has 32 heavy (non-hydrogen) atoms. The van der Waals surface area contributed by atoms with Gasteiger partial charge in [0.15, 0.2) is 5.43 Å². The van der Waals surface area contributed by atoms with Crippen LogP contribution in [-0.4, -0.2) is 20.6 Å². The fourth-order valence-electron chi connectivity index (χ4n) is 4.00. The molecule has 3 aromatic heterocycles. The van der Waals surface area contributed by atoms with Crippen molar-refractivity contribution in [2.45, 2.75) is 30.0 Å². The van der Waals surface area contributed by atoms with Gasteiger partial charge in [-0.2, -0.15) is 0 Å². The van der Waals surface area contributed by atoms with Gasteiger partial charge in [0.05, 0.1) is 23.2 Å². The van der Waals surface area contributed by atoms with Gasteiger partial charge < -0.3 is 14.4 Å². The largest absolute Gasteiger partial charge is 0.364 e. The number of aryl methyl sites for hydroxylation is 1. The van der Waals surface area contributed by atoms with Crippen LogP contribution in [0.4, 0.5) is 0 Å². The Labute approximate surface area is 188 Å². The smallest absolute Gasteiger partial charge is 0.257 e. The molecule has 1 unspecified atom stereocenters. The Hall–Kier alpha value is -3.65. The first-order valence-corrected chi connectivity index (χ1v) is 11.1. The standard InChI is InChI=1S/C24H20N4O3S/c1-15-12-20(29)23(24(30)26-14-16-9-11-31-27-16)19-13-22(17-6-4-5-10-25-17)32-21-8-3-2-7-18(21)28(15)19/h2-12,22H,13-14H2,1H3,(H,26,30). The molecule has 0 aliphatic carbocycles. The van der Waals surface area contributed by atoms with Gasteiger partial charge in [0.25, 0.3) is 5.91 Å². The first-order valence-electron chi connectivity index (χ1n) is 10.2. The number of pyridine rings is 2. The van der Waals surface area contributed by atoms with Crippen LogP contribution >= 0.6 is 11.8 Å². The lowest BCUT2D eigenvalue weighted by Gasteiger charge is -2.19. The van der Waals surface area contributed by atoms with Gasteiger partial charge in [-0.25, -0.2) is 0 Å². The summed E-state index contributed by atoms with van der Waals surface area (Å²) < 4.78 is 6.85. The summed E-state index contributed by atoms with van der Waals surface area (Å²) in [6, 6.07) is 17.0. The van der Waals surface area contributed by atoms with E-state index in [0.717, 1.165) is 22.0 Å². The first kappa shape index (κ1) is 20.3. The summed E-state index contributed by atoms with van der Waals surface area (Å²) in [4.78, 5) is 31.9. The predicted molar refractivity (Wildman–Crippen MR) is 121 cm³/mol. The molecule has 1 atom stereocenters. The van der Waals surface area contributed by atoms with Crippen LogP contribution in [0.3, 0.4) is 0 Å². The van der Waals surface area contributed by atoms with Crippen LogP contribution in [-0.2, 0) is 13.0 Å². The molecule has 0 fully saturated rings. The lowest BCUT2D eigenvalue weighted by molar-refractivity contribution is 0.0947. The molecule has 4 heterocycles. The average Bonchev–Trinajstić information content (AvgIpc) is 3.26. The summed E-state index contributed by atoms with van der Waals surface area (Å²) in [5, 5.41) is 6.58. The molecule has 0 bridgehead atoms. The van der Waals surface area contributed by atoms with Gasteiger partial charge in [-0.15, -0.1) is 11.8 Å². The minimum atomic E-state index is -0.425. The van der Waals surface area contributed by atoms with E-state index in [0.29, 0.717) is 17.8 Å². The third kappa shape index (κ3) is 3.73. The maximum atomic E-state index is 13.2. The number of nitrogens with zero attached hydrogens (tertiary/aromatic N) is 3. The van der Waals surface area contributed by atoms with E-state index in [1.165, 1.54) is 12.3 Å². The number of hydrogen-bond donors (Lipinski definition) is 1. The molecule has 1 aromatic carbocycles. The van der Waals surface area contributed by atoms with Crippen molar-refractivity contribution in [2.24, 2.45) is 0 Å². The Bertz CT molecular complexity index is 1330. The molecule has 0 saturated heterocycles. The highest BCUT2D eigenvalue weighted by Crippen LogP contribution is 2.43. The number of aromatic nitrogens is 3. The highest BCUT2D eigenvalue weighted by Gasteiger charge is 2.29. The zero-order valence-corrected chi connectivity index (χ0v) is 18.1. The van der Waals surface area contributed by atoms with Gasteiger partial charge in [-0.3, -0.25) is 14.6 Å². The Morgan fingerprint density at radius 1 is 1.22 bits per heavy atom. The number of hydrogen-bond acceptors (Lipinski definition) is 6. The van der Waals surface area contributed by atoms with Crippen molar-refractivity contribution in [3.8, 4) is 5.69 Å². The quantitative estimate of drug-likeness (QED) is 0.514. The fraction of sp³-hybridized carbons (Fsp3) is 0.167. The maximum Gasteiger partial charge on any atom is 0.257 e. The van der Waals surface area contributed by atoms with E-state index < -0.39 is 5.91 Å². The number of nitrogens with one attached hydrogen (secondary N) is 1. The van der Waals surface area contributed by atoms with Crippen molar-refractivity contribution in [1.82, 2.24) is 20.0 Å². The number of carbonyl (C=O) groups excluding carboxylic acids is 1. The highest BCUT2D eigenvalue weighted by atomic mass is 32.2. The Kier molecular flexibility index (Phi) is 5.36. The monoisotopic (exact) mass is 444 g/mol. The average molecular weight is 445 g/mol. The molecule has 4 aromatic rings. The lowest BCUT2D eigenvalue weighted by Crippen LogP contribution is -2.32. The molecule has 1 aliphatic heterocycles. The van der Waals surface area contributed by atoms with Crippen LogP contribution in [0.15, 0.2) is 81.3 Å². The second kappa shape index (κ2) is 8.47. The van der Waals surface area contributed by atoms with Crippen molar-refractivity contribution in [3.63, 3.8) is 0 Å². The van der Waals surface area contributed by atoms with E-state index in [1.54, 1.807) is 24.0 Å². The maximum absolute atomic E-state index is 13.2. The van der Waals surface area contributed by atoms with Crippen LogP contribution in [0.1, 0.15) is 38.4 Å². The molecule has 1 N–H and O–H groups in total. The lowest BCUT2D eigenvalue weighted by atomic mass is 10.0. The van der Waals surface area contributed by atoms with E-state index in [4.69, 9.17) is 4.52 Å². The van der Waals surface area contributed by atoms with E-state index in [9.17, 15) is 9.59 Å². The van der Waals surface area contributed by atoms with Crippen molar-refractivity contribution in [1.29, 1.82) is 0 Å². The first-order chi connectivity index (χ1) is 15.6. The van der Waals surface area contributed by atoms with Crippen LogP contribution < -0.4 is 10.7 Å². The molecule has 1 aliphatic rings. The Morgan fingerprint density at radius 2 is 2.06 bits per heavy atom. The summed E-state index contributed by atoms with van der Waals surface area (Å²) in [5.74, 6) is -0.425. The summed E-state index contributed by atoms with van der Waals surface area (Å²) in [5.41, 5.74) is 3.77. The molecule has 0 radical (unpaired) electrons. The number of carbonyl (C=O) groups is 1. The normalized spacial score (nSPS) is 14.8. The van der Waals surface area contributed by atoms with Gasteiger partial charge in [0, 0.05) is 41.0 Å². The second-order valence-corrected chi connectivity index (χ2v) is 8.76. The Balaban J connectivity index is 1.65. The molecule has 5 rings (SSSR count). The topological polar surface area (TPSA) is 90.0 Å². The highest BCUT2D eigenvalue weighted by molar-refractivity contribution is 7.99. The Morgan fingerprint density at radius 3 is 2.84 bits per heavy atom. The number of para-hydroxylation sites is 1. The van der Waals surface area contributed by atoms with Crippen LogP contribution in [0, 0.1) is 6.92 Å². The minimum absolute atomic E-state index is 0.0469. The number of benzene rings is 1. The molecular weight excluding hydrogens is 424 g/mol. The van der Waals surface area contributed by atoms with E-state index in [1.807, 2.05) is 47.9 Å². The summed E-state index contributed by atoms with van der Waals surface area (Å²) in [6.07, 6.45) is 3.70. The number of rotatable bonds is 4. The minimum Gasteiger partial charge on any atom is -0.364 e. The number of thioether (sulfide) groups is 1. The van der Waals surface area contributed by atoms with E-state index in [2.05, 4.69) is 21.5 Å². The SMILES string of the molecule is Cc1cc(=O)c(C(=O)NCc2ccon2)c2n1-c1ccccc1SC(c1ccccn1)C2. The van der Waals surface area contributed by atoms with Gasteiger partial charge in [0.1, 0.15) is 17.5 Å². The van der Waals surface area contributed by atoms with E-state index in [-0.39, 0.29) is 22.8 Å². The van der Waals surface area contributed by atoms with Crippen LogP contribution in [0.25, 0.3) is 5.69 Å². The summed E-state index contributed by atoms with van der Waals surface area (Å²) >= 11 is 1.69. The van der Waals surface area contributed by atoms with Gasteiger partial charge in [-0.1, -0.05) is 23.4 Å². The van der Waals surface area contributed by atoms with Gasteiger partial charge in [0.2, 0.25) is 0 Å². The molecular formula is C24H20N4O3S. The zero-order valence-electron chi connectivity index (χ0n) is 17.3. The molecule has 160 valence electrons. The third-order valence-electron chi connectivity index (χ3n) is 5.42. The molecule has 0 saturated carbocycles. The zero-order chi connectivity index (χ0) is 22.1. The van der Waals surface area contributed by atoms with Crippen molar-refractivity contribution < 1.29 is 9.32 Å². The third-order valence-corrected chi connectivity index (χ3v) is 6.71. The van der Waals surface area contributed by atoms with E-state index >= 15 is 0 Å². The van der Waals surface area contributed by atoms with Crippen LogP contribution in [0.5, 0.6) is 0 Å². The van der Waals surface area contributed by atoms with Gasteiger partial charge >= 0.3 is 0 Å². The molecule has 1 amide bonds. The van der Waals surface area contributed by atoms with Crippen LogP contribution in [0.2, 0.25) is 0 Å². The number of fused-ring (bicyclic) bond motifs is 3. The van der Waals surface area contributed by atoms with Gasteiger partial charge in [-0.05, 0) is 31.2 Å². The summed E-state index contributed by atoms with van der Waals surface area (Å²) in [6.45, 7) is 2.07. The predicted octanol–water partition coefficient (Wildman–Crippen LogP) is 3.85. The fourth-order valence-corrected chi connectivity index (χ4v) is 5.24. The van der Waals surface area contributed by atoms with Crippen molar-refractivity contribution >= 4 is 17.7 Å².